The van der Waals surface area contributed by atoms with E-state index in [9.17, 15) is 14.3 Å². The molecule has 2 aromatic heterocycles. The van der Waals surface area contributed by atoms with Crippen molar-refractivity contribution >= 4 is 28.2 Å². The van der Waals surface area contributed by atoms with Crippen LogP contribution in [-0.2, 0) is 6.42 Å². The maximum Gasteiger partial charge on any atom is 0.252 e. The van der Waals surface area contributed by atoms with Crippen LogP contribution in [0.15, 0.2) is 28.8 Å². The highest BCUT2D eigenvalue weighted by Crippen LogP contribution is 2.34. The van der Waals surface area contributed by atoms with E-state index < -0.39 is 6.10 Å². The van der Waals surface area contributed by atoms with Gasteiger partial charge in [0.05, 0.1) is 17.4 Å². The Labute approximate surface area is 190 Å². The van der Waals surface area contributed by atoms with Crippen molar-refractivity contribution in [3.05, 3.63) is 51.1 Å². The van der Waals surface area contributed by atoms with Crippen molar-refractivity contribution < 1.29 is 18.8 Å². The van der Waals surface area contributed by atoms with Gasteiger partial charge < -0.3 is 19.8 Å². The Morgan fingerprint density at radius 3 is 3.00 bits per heavy atom. The predicted octanol–water partition coefficient (Wildman–Crippen LogP) is 4.40. The monoisotopic (exact) mass is 457 g/mol. The molecule has 1 unspecified atom stereocenters. The molecule has 3 aromatic rings. The second-order valence-corrected chi connectivity index (χ2v) is 10.00. The van der Waals surface area contributed by atoms with Crippen molar-refractivity contribution in [1.29, 1.82) is 0 Å². The molecule has 1 fully saturated rings. The van der Waals surface area contributed by atoms with Crippen molar-refractivity contribution in [2.75, 3.05) is 26.2 Å². The van der Waals surface area contributed by atoms with Gasteiger partial charge in [0, 0.05) is 33.7 Å². The number of hydrogen-bond acceptors (Lipinski definition) is 6. The van der Waals surface area contributed by atoms with Gasteiger partial charge >= 0.3 is 0 Å². The highest BCUT2D eigenvalue weighted by molar-refractivity contribution is 7.12. The molecule has 0 aliphatic carbocycles. The Balaban J connectivity index is 1.11. The summed E-state index contributed by atoms with van der Waals surface area (Å²) in [5.41, 5.74) is 2.20. The summed E-state index contributed by atoms with van der Waals surface area (Å²) < 4.78 is 18.7. The Morgan fingerprint density at radius 1 is 1.31 bits per heavy atom. The molecule has 1 saturated heterocycles. The number of aromatic nitrogens is 1. The summed E-state index contributed by atoms with van der Waals surface area (Å²) >= 11 is 1.58. The van der Waals surface area contributed by atoms with Gasteiger partial charge in [-0.25, -0.2) is 4.39 Å². The van der Waals surface area contributed by atoms with Gasteiger partial charge in [-0.3, -0.25) is 4.79 Å². The van der Waals surface area contributed by atoms with Crippen LogP contribution in [0.3, 0.4) is 0 Å². The van der Waals surface area contributed by atoms with E-state index in [1.807, 2.05) is 6.07 Å². The standard InChI is InChI=1S/C24H28FN3O3S/c25-16-5-6-17-20(13-16)31-27-23(17)15-7-11-28(12-8-15)10-2-3-19(29)22-14-18-21(32-22)4-1-9-26-24(18)30/h5-6,13-15,19,29H,1-4,7-12H2,(H,26,30). The number of benzene rings is 1. The average molecular weight is 458 g/mol. The molecule has 170 valence electrons. The maximum absolute atomic E-state index is 13.4. The fourth-order valence-electron chi connectivity index (χ4n) is 4.84. The summed E-state index contributed by atoms with van der Waals surface area (Å²) in [6.07, 6.45) is 4.93. The van der Waals surface area contributed by atoms with E-state index in [1.54, 1.807) is 17.4 Å². The molecule has 1 aromatic carbocycles. The second-order valence-electron chi connectivity index (χ2n) is 8.83. The molecule has 4 heterocycles. The van der Waals surface area contributed by atoms with Crippen LogP contribution >= 0.6 is 11.3 Å². The minimum absolute atomic E-state index is 0.0138. The molecule has 8 heteroatoms. The zero-order chi connectivity index (χ0) is 22.1. The molecule has 0 bridgehead atoms. The van der Waals surface area contributed by atoms with E-state index >= 15 is 0 Å². The van der Waals surface area contributed by atoms with E-state index in [-0.39, 0.29) is 11.7 Å². The molecule has 32 heavy (non-hydrogen) atoms. The van der Waals surface area contributed by atoms with Gasteiger partial charge in [0.1, 0.15) is 5.82 Å². The molecule has 2 N–H and O–H groups in total. The highest BCUT2D eigenvalue weighted by Gasteiger charge is 2.26. The van der Waals surface area contributed by atoms with Crippen LogP contribution < -0.4 is 5.32 Å². The maximum atomic E-state index is 13.4. The predicted molar refractivity (Wildman–Crippen MR) is 122 cm³/mol. The first-order valence-corrected chi connectivity index (χ1v) is 12.3. The average Bonchev–Trinajstić information content (AvgIpc) is 3.37. The van der Waals surface area contributed by atoms with E-state index in [1.165, 1.54) is 12.1 Å². The highest BCUT2D eigenvalue weighted by atomic mass is 32.1. The van der Waals surface area contributed by atoms with Crippen LogP contribution in [0.1, 0.15) is 69.9 Å². The SMILES string of the molecule is O=C1NCCCc2sc(C(O)CCCN3CCC(c4noc5cc(F)ccc45)CC3)cc21. The van der Waals surface area contributed by atoms with Crippen molar-refractivity contribution in [2.45, 2.75) is 50.5 Å². The smallest absolute Gasteiger partial charge is 0.252 e. The Bertz CT molecular complexity index is 1100. The first kappa shape index (κ1) is 21.6. The lowest BCUT2D eigenvalue weighted by molar-refractivity contribution is 0.0956. The van der Waals surface area contributed by atoms with Crippen LogP contribution in [0.2, 0.25) is 0 Å². The number of amides is 1. The van der Waals surface area contributed by atoms with Gasteiger partial charge in [-0.2, -0.15) is 0 Å². The van der Waals surface area contributed by atoms with Gasteiger partial charge in [0.2, 0.25) is 0 Å². The zero-order valence-electron chi connectivity index (χ0n) is 18.0. The number of carbonyl (C=O) groups is 1. The first-order valence-electron chi connectivity index (χ1n) is 11.4. The molecular formula is C24H28FN3O3S. The Kier molecular flexibility index (Phi) is 6.26. The normalized spacial score (nSPS) is 19.0. The van der Waals surface area contributed by atoms with Crippen LogP contribution in [0.4, 0.5) is 4.39 Å². The van der Waals surface area contributed by atoms with Crippen LogP contribution in [0.25, 0.3) is 11.0 Å². The lowest BCUT2D eigenvalue weighted by Gasteiger charge is -2.31. The van der Waals surface area contributed by atoms with E-state index in [4.69, 9.17) is 4.52 Å². The number of piperidine rings is 1. The molecule has 1 atom stereocenters. The molecule has 1 amide bonds. The number of rotatable bonds is 6. The third-order valence-electron chi connectivity index (χ3n) is 6.66. The summed E-state index contributed by atoms with van der Waals surface area (Å²) in [5.74, 6) is 0.00926. The minimum Gasteiger partial charge on any atom is -0.388 e. The molecule has 0 saturated carbocycles. The van der Waals surface area contributed by atoms with E-state index in [0.717, 1.165) is 84.7 Å². The molecule has 6 nitrogen and oxygen atoms in total. The molecular weight excluding hydrogens is 429 g/mol. The number of nitrogens with zero attached hydrogens (tertiary/aromatic N) is 2. The third kappa shape index (κ3) is 4.44. The minimum atomic E-state index is -0.515. The van der Waals surface area contributed by atoms with Gasteiger partial charge in [0.25, 0.3) is 5.91 Å². The van der Waals surface area contributed by atoms with Crippen molar-refractivity contribution in [3.8, 4) is 0 Å². The summed E-state index contributed by atoms with van der Waals surface area (Å²) in [5, 5.41) is 18.7. The number of halogens is 1. The fourth-order valence-corrected chi connectivity index (χ4v) is 6.07. The number of aryl methyl sites for hydroxylation is 1. The fraction of sp³-hybridized carbons (Fsp3) is 0.500. The molecule has 5 rings (SSSR count). The molecule has 0 radical (unpaired) electrons. The number of nitrogens with one attached hydrogen (secondary N) is 1. The van der Waals surface area contributed by atoms with Gasteiger partial charge in [-0.05, 0) is 76.4 Å². The van der Waals surface area contributed by atoms with Crippen molar-refractivity contribution in [2.24, 2.45) is 0 Å². The number of hydrogen-bond donors (Lipinski definition) is 2. The number of aliphatic hydroxyl groups is 1. The summed E-state index contributed by atoms with van der Waals surface area (Å²) in [4.78, 5) is 16.6. The van der Waals surface area contributed by atoms with Crippen molar-refractivity contribution in [1.82, 2.24) is 15.4 Å². The van der Waals surface area contributed by atoms with Gasteiger partial charge in [-0.1, -0.05) is 5.16 Å². The Hall–Kier alpha value is -2.29. The van der Waals surface area contributed by atoms with Crippen LogP contribution in [0, 0.1) is 5.82 Å². The lowest BCUT2D eigenvalue weighted by Crippen LogP contribution is -2.34. The number of fused-ring (bicyclic) bond motifs is 2. The van der Waals surface area contributed by atoms with Gasteiger partial charge in [0.15, 0.2) is 5.58 Å². The lowest BCUT2D eigenvalue weighted by atomic mass is 9.91. The van der Waals surface area contributed by atoms with Gasteiger partial charge in [-0.15, -0.1) is 11.3 Å². The molecule has 2 aliphatic rings. The second kappa shape index (κ2) is 9.29. The third-order valence-corrected chi connectivity index (χ3v) is 7.95. The quantitative estimate of drug-likeness (QED) is 0.574. The largest absolute Gasteiger partial charge is 0.388 e. The molecule has 2 aliphatic heterocycles. The first-order chi connectivity index (χ1) is 15.6. The van der Waals surface area contributed by atoms with E-state index in [0.29, 0.717) is 17.9 Å². The molecule has 0 spiro atoms. The number of carbonyl (C=O) groups excluding carboxylic acids is 1. The number of aliphatic hydroxyl groups excluding tert-OH is 1. The number of likely N-dealkylation sites (tertiary alicyclic amines) is 1. The van der Waals surface area contributed by atoms with E-state index in [2.05, 4.69) is 15.4 Å². The zero-order valence-corrected chi connectivity index (χ0v) is 18.8. The van der Waals surface area contributed by atoms with Crippen LogP contribution in [0.5, 0.6) is 0 Å². The Morgan fingerprint density at radius 2 is 2.16 bits per heavy atom. The summed E-state index contributed by atoms with van der Waals surface area (Å²) in [6.45, 7) is 3.62. The van der Waals surface area contributed by atoms with Crippen molar-refractivity contribution in [3.63, 3.8) is 0 Å². The van der Waals surface area contributed by atoms with Crippen LogP contribution in [-0.4, -0.2) is 47.2 Å². The number of thiophene rings is 1. The summed E-state index contributed by atoms with van der Waals surface area (Å²) in [6, 6.07) is 6.49. The topological polar surface area (TPSA) is 78.6 Å². The summed E-state index contributed by atoms with van der Waals surface area (Å²) in [7, 11) is 0.